The molecule has 1 N–H and O–H groups in total. The van der Waals surface area contributed by atoms with Gasteiger partial charge in [0.1, 0.15) is 5.82 Å². The number of nitrogens with zero attached hydrogens (tertiary/aromatic N) is 4. The lowest BCUT2D eigenvalue weighted by Crippen LogP contribution is -2.19. The number of aromatic nitrogens is 4. The summed E-state index contributed by atoms with van der Waals surface area (Å²) >= 11 is 0. The molecule has 0 radical (unpaired) electrons. The normalized spacial score (nSPS) is 12.2. The fourth-order valence-corrected chi connectivity index (χ4v) is 4.10. The topological polar surface area (TPSA) is 55.6 Å². The summed E-state index contributed by atoms with van der Waals surface area (Å²) in [6.07, 6.45) is 5.57. The Labute approximate surface area is 192 Å². The van der Waals surface area contributed by atoms with Gasteiger partial charge in [-0.1, -0.05) is 48.5 Å². The van der Waals surface area contributed by atoms with Crippen LogP contribution in [0.15, 0.2) is 85.3 Å². The summed E-state index contributed by atoms with van der Waals surface area (Å²) in [7, 11) is 0. The Morgan fingerprint density at radius 1 is 0.939 bits per heavy atom. The molecule has 0 aliphatic heterocycles. The number of hydrogen-bond acceptors (Lipinski definition) is 4. The third-order valence-corrected chi connectivity index (χ3v) is 5.92. The molecule has 2 aromatic heterocycles. The Kier molecular flexibility index (Phi) is 5.67. The molecule has 1 unspecified atom stereocenters. The molecule has 0 fully saturated rings. The Balaban J connectivity index is 1.29. The molecule has 5 rings (SSSR count). The number of hydrogen-bond donors (Lipinski definition) is 1. The molecule has 0 amide bonds. The van der Waals surface area contributed by atoms with Gasteiger partial charge < -0.3 is 5.32 Å². The number of benzene rings is 3. The predicted octanol–water partition coefficient (Wildman–Crippen LogP) is 5.78. The monoisotopic (exact) mass is 437 g/mol. The first-order chi connectivity index (χ1) is 16.1. The molecule has 0 saturated carbocycles. The minimum Gasteiger partial charge on any atom is -0.306 e. The standard InChI is InChI=1S/C27H24FN5/c1-18(26-17-32-33(19(26)2)23-10-6-9-22(28)13-23)29-14-20-15-30-27(31-16-20)25-12-5-8-21-7-3-4-11-24(21)25/h3-13,15-18,29H,14H2,1-2H3. The second-order valence-corrected chi connectivity index (χ2v) is 8.12. The van der Waals surface area contributed by atoms with Gasteiger partial charge in [0.15, 0.2) is 5.82 Å². The van der Waals surface area contributed by atoms with Crippen molar-refractivity contribution >= 4 is 10.8 Å². The van der Waals surface area contributed by atoms with Crippen molar-refractivity contribution in [2.75, 3.05) is 0 Å². The van der Waals surface area contributed by atoms with Crippen LogP contribution in [-0.4, -0.2) is 19.7 Å². The smallest absolute Gasteiger partial charge is 0.159 e. The fourth-order valence-electron chi connectivity index (χ4n) is 4.10. The Morgan fingerprint density at radius 3 is 2.52 bits per heavy atom. The van der Waals surface area contributed by atoms with E-state index in [1.807, 2.05) is 49.8 Å². The zero-order chi connectivity index (χ0) is 22.8. The first-order valence-corrected chi connectivity index (χ1v) is 10.9. The lowest BCUT2D eigenvalue weighted by Gasteiger charge is -2.14. The van der Waals surface area contributed by atoms with Gasteiger partial charge in [-0.05, 0) is 42.8 Å². The molecule has 164 valence electrons. The number of rotatable bonds is 6. The van der Waals surface area contributed by atoms with Crippen LogP contribution in [0.25, 0.3) is 27.8 Å². The summed E-state index contributed by atoms with van der Waals surface area (Å²) in [6.45, 7) is 4.71. The van der Waals surface area contributed by atoms with Crippen molar-refractivity contribution in [3.63, 3.8) is 0 Å². The zero-order valence-electron chi connectivity index (χ0n) is 18.5. The van der Waals surface area contributed by atoms with E-state index in [1.165, 1.54) is 17.5 Å². The molecular weight excluding hydrogens is 413 g/mol. The van der Waals surface area contributed by atoms with Gasteiger partial charge in [0.2, 0.25) is 0 Å². The number of halogens is 1. The number of nitrogens with one attached hydrogen (secondary N) is 1. The van der Waals surface area contributed by atoms with Gasteiger partial charge in [0, 0.05) is 47.4 Å². The van der Waals surface area contributed by atoms with E-state index in [4.69, 9.17) is 0 Å². The first-order valence-electron chi connectivity index (χ1n) is 10.9. The molecule has 0 aliphatic carbocycles. The van der Waals surface area contributed by atoms with Crippen molar-refractivity contribution in [1.82, 2.24) is 25.1 Å². The highest BCUT2D eigenvalue weighted by atomic mass is 19.1. The molecule has 3 aromatic carbocycles. The quantitative estimate of drug-likeness (QED) is 0.366. The van der Waals surface area contributed by atoms with Crippen LogP contribution in [0.2, 0.25) is 0 Å². The Morgan fingerprint density at radius 2 is 1.70 bits per heavy atom. The van der Waals surface area contributed by atoms with E-state index < -0.39 is 0 Å². The van der Waals surface area contributed by atoms with Crippen LogP contribution in [0.3, 0.4) is 0 Å². The first kappa shape index (κ1) is 21.0. The van der Waals surface area contributed by atoms with Crippen LogP contribution in [0.5, 0.6) is 0 Å². The molecule has 6 heteroatoms. The summed E-state index contributed by atoms with van der Waals surface area (Å²) in [6, 6.07) is 20.9. The van der Waals surface area contributed by atoms with Gasteiger partial charge in [0.05, 0.1) is 11.9 Å². The maximum atomic E-state index is 13.6. The lowest BCUT2D eigenvalue weighted by molar-refractivity contribution is 0.570. The van der Waals surface area contributed by atoms with Crippen molar-refractivity contribution < 1.29 is 4.39 Å². The molecular formula is C27H24FN5. The van der Waals surface area contributed by atoms with Crippen molar-refractivity contribution in [2.45, 2.75) is 26.4 Å². The molecule has 0 spiro atoms. The molecule has 0 bridgehead atoms. The average Bonchev–Trinajstić information content (AvgIpc) is 3.24. The summed E-state index contributed by atoms with van der Waals surface area (Å²) in [5.74, 6) is 0.442. The van der Waals surface area contributed by atoms with E-state index in [2.05, 4.69) is 51.6 Å². The maximum Gasteiger partial charge on any atom is 0.159 e. The van der Waals surface area contributed by atoms with Crippen molar-refractivity contribution in [1.29, 1.82) is 0 Å². The fraction of sp³-hybridized carbons (Fsp3) is 0.148. The van der Waals surface area contributed by atoms with E-state index >= 15 is 0 Å². The summed E-state index contributed by atoms with van der Waals surface area (Å²) in [5.41, 5.74) is 4.78. The Bertz CT molecular complexity index is 1400. The highest BCUT2D eigenvalue weighted by Crippen LogP contribution is 2.26. The summed E-state index contributed by atoms with van der Waals surface area (Å²) in [4.78, 5) is 9.23. The van der Waals surface area contributed by atoms with Gasteiger partial charge in [-0.25, -0.2) is 19.0 Å². The van der Waals surface area contributed by atoms with Crippen LogP contribution in [-0.2, 0) is 6.54 Å². The third kappa shape index (κ3) is 4.25. The van der Waals surface area contributed by atoms with E-state index in [9.17, 15) is 4.39 Å². The van der Waals surface area contributed by atoms with Crippen molar-refractivity contribution in [2.24, 2.45) is 0 Å². The zero-order valence-corrected chi connectivity index (χ0v) is 18.5. The van der Waals surface area contributed by atoms with Crippen LogP contribution in [0, 0.1) is 12.7 Å². The van der Waals surface area contributed by atoms with Gasteiger partial charge in [-0.3, -0.25) is 0 Å². The highest BCUT2D eigenvalue weighted by molar-refractivity contribution is 5.94. The molecule has 5 aromatic rings. The largest absolute Gasteiger partial charge is 0.306 e. The second kappa shape index (κ2) is 8.92. The predicted molar refractivity (Wildman–Crippen MR) is 128 cm³/mol. The van der Waals surface area contributed by atoms with E-state index in [-0.39, 0.29) is 11.9 Å². The molecule has 2 heterocycles. The summed E-state index contributed by atoms with van der Waals surface area (Å²) < 4.78 is 15.4. The van der Waals surface area contributed by atoms with Crippen molar-refractivity contribution in [3.05, 3.63) is 108 Å². The minimum atomic E-state index is -0.276. The van der Waals surface area contributed by atoms with Crippen LogP contribution in [0.1, 0.15) is 29.8 Å². The molecule has 1 atom stereocenters. The second-order valence-electron chi connectivity index (χ2n) is 8.12. The van der Waals surface area contributed by atoms with Gasteiger partial charge in [-0.15, -0.1) is 0 Å². The highest BCUT2D eigenvalue weighted by Gasteiger charge is 2.15. The third-order valence-electron chi connectivity index (χ3n) is 5.92. The summed E-state index contributed by atoms with van der Waals surface area (Å²) in [5, 5.41) is 10.3. The van der Waals surface area contributed by atoms with Crippen LogP contribution in [0.4, 0.5) is 4.39 Å². The van der Waals surface area contributed by atoms with Gasteiger partial charge in [0.25, 0.3) is 0 Å². The minimum absolute atomic E-state index is 0.0602. The average molecular weight is 438 g/mol. The van der Waals surface area contributed by atoms with E-state index in [0.29, 0.717) is 12.2 Å². The van der Waals surface area contributed by atoms with Crippen molar-refractivity contribution in [3.8, 4) is 17.1 Å². The maximum absolute atomic E-state index is 13.6. The SMILES string of the molecule is Cc1c(C(C)NCc2cnc(-c3cccc4ccccc34)nc2)cnn1-c1cccc(F)c1. The molecule has 33 heavy (non-hydrogen) atoms. The molecule has 0 saturated heterocycles. The Hall–Kier alpha value is -3.90. The van der Waals surface area contributed by atoms with E-state index in [0.717, 1.165) is 33.6 Å². The van der Waals surface area contributed by atoms with Crippen LogP contribution < -0.4 is 5.32 Å². The molecule has 5 nitrogen and oxygen atoms in total. The van der Waals surface area contributed by atoms with Gasteiger partial charge >= 0.3 is 0 Å². The van der Waals surface area contributed by atoms with Crippen LogP contribution >= 0.6 is 0 Å². The van der Waals surface area contributed by atoms with Gasteiger partial charge in [-0.2, -0.15) is 5.10 Å². The molecule has 0 aliphatic rings. The lowest BCUT2D eigenvalue weighted by atomic mass is 10.0. The number of fused-ring (bicyclic) bond motifs is 1. The van der Waals surface area contributed by atoms with E-state index in [1.54, 1.807) is 10.7 Å².